The normalized spacial score (nSPS) is 10.2. The van der Waals surface area contributed by atoms with Crippen molar-refractivity contribution in [1.29, 1.82) is 0 Å². The van der Waals surface area contributed by atoms with E-state index in [1.54, 1.807) is 4.68 Å². The van der Waals surface area contributed by atoms with Crippen LogP contribution in [-0.4, -0.2) is 15.8 Å². The summed E-state index contributed by atoms with van der Waals surface area (Å²) in [5, 5.41) is 13.0. The van der Waals surface area contributed by atoms with Crippen LogP contribution >= 0.6 is 0 Å². The number of carbonyl (C=O) groups excluding carboxylic acids is 1. The smallest absolute Gasteiger partial charge is 0.324 e. The van der Waals surface area contributed by atoms with Gasteiger partial charge in [-0.05, 0) is 43.3 Å². The van der Waals surface area contributed by atoms with Gasteiger partial charge in [-0.15, -0.1) is 0 Å². The summed E-state index contributed by atoms with van der Waals surface area (Å²) < 4.78 is 1.71. The molecule has 0 fully saturated rings. The summed E-state index contributed by atoms with van der Waals surface area (Å²) in [7, 11) is 1.83. The van der Waals surface area contributed by atoms with Crippen LogP contribution in [0.3, 0.4) is 0 Å². The predicted octanol–water partition coefficient (Wildman–Crippen LogP) is 4.12. The van der Waals surface area contributed by atoms with E-state index in [0.717, 1.165) is 17.1 Å². The van der Waals surface area contributed by atoms with E-state index in [4.69, 9.17) is 0 Å². The van der Waals surface area contributed by atoms with Gasteiger partial charge in [0.15, 0.2) is 5.82 Å². The molecule has 0 unspecified atom stereocenters. The van der Waals surface area contributed by atoms with Crippen molar-refractivity contribution in [3.8, 4) is 0 Å². The molecular formula is C18H19N5O. The monoisotopic (exact) mass is 321 g/mol. The number of aromatic nitrogens is 2. The predicted molar refractivity (Wildman–Crippen MR) is 96.8 cm³/mol. The minimum atomic E-state index is -0.322. The van der Waals surface area contributed by atoms with Crippen LogP contribution in [0.2, 0.25) is 0 Å². The first-order chi connectivity index (χ1) is 11.6. The number of amides is 2. The minimum Gasteiger partial charge on any atom is -0.356 e. The molecule has 0 aliphatic carbocycles. The van der Waals surface area contributed by atoms with Gasteiger partial charge in [-0.3, -0.25) is 10.00 Å². The van der Waals surface area contributed by atoms with Gasteiger partial charge < -0.3 is 10.6 Å². The zero-order valence-electron chi connectivity index (χ0n) is 13.6. The minimum absolute atomic E-state index is 0.322. The SMILES string of the molecule is Cc1cc(NC(=O)Nc2ccc(Nc3ccccc3)cc2)nn1C. The van der Waals surface area contributed by atoms with E-state index in [9.17, 15) is 4.79 Å². The first-order valence-electron chi connectivity index (χ1n) is 7.61. The highest BCUT2D eigenvalue weighted by Crippen LogP contribution is 2.18. The second kappa shape index (κ2) is 6.87. The molecule has 1 aromatic heterocycles. The van der Waals surface area contributed by atoms with Crippen LogP contribution in [0, 0.1) is 6.92 Å². The van der Waals surface area contributed by atoms with E-state index in [1.165, 1.54) is 0 Å². The molecule has 3 rings (SSSR count). The number of rotatable bonds is 4. The highest BCUT2D eigenvalue weighted by Gasteiger charge is 2.06. The molecule has 3 N–H and O–H groups in total. The second-order valence-electron chi connectivity index (χ2n) is 5.44. The Morgan fingerprint density at radius 3 is 2.17 bits per heavy atom. The van der Waals surface area contributed by atoms with Gasteiger partial charge in [0.1, 0.15) is 0 Å². The van der Waals surface area contributed by atoms with Crippen molar-refractivity contribution in [1.82, 2.24) is 9.78 Å². The van der Waals surface area contributed by atoms with Crippen molar-refractivity contribution >= 4 is 28.9 Å². The van der Waals surface area contributed by atoms with Crippen molar-refractivity contribution in [2.45, 2.75) is 6.92 Å². The third kappa shape index (κ3) is 3.92. The van der Waals surface area contributed by atoms with Crippen LogP contribution in [-0.2, 0) is 7.05 Å². The molecule has 122 valence electrons. The Hall–Kier alpha value is -3.28. The van der Waals surface area contributed by atoms with Crippen LogP contribution in [0.15, 0.2) is 60.7 Å². The van der Waals surface area contributed by atoms with Crippen LogP contribution in [0.4, 0.5) is 27.7 Å². The van der Waals surface area contributed by atoms with E-state index in [2.05, 4.69) is 21.0 Å². The van der Waals surface area contributed by atoms with E-state index in [1.807, 2.05) is 74.6 Å². The fourth-order valence-corrected chi connectivity index (χ4v) is 2.23. The van der Waals surface area contributed by atoms with Crippen LogP contribution in [0.1, 0.15) is 5.69 Å². The maximum Gasteiger partial charge on any atom is 0.324 e. The first-order valence-corrected chi connectivity index (χ1v) is 7.61. The number of para-hydroxylation sites is 1. The maximum absolute atomic E-state index is 12.0. The van der Waals surface area contributed by atoms with Gasteiger partial charge in [-0.1, -0.05) is 18.2 Å². The summed E-state index contributed by atoms with van der Waals surface area (Å²) in [6, 6.07) is 18.9. The number of nitrogens with one attached hydrogen (secondary N) is 3. The van der Waals surface area contributed by atoms with E-state index < -0.39 is 0 Å². The molecule has 6 nitrogen and oxygen atoms in total. The van der Waals surface area contributed by atoms with Gasteiger partial charge in [0.25, 0.3) is 0 Å². The molecule has 0 atom stereocenters. The molecule has 3 aromatic rings. The zero-order chi connectivity index (χ0) is 16.9. The average Bonchev–Trinajstić information content (AvgIpc) is 2.88. The Balaban J connectivity index is 1.58. The Labute approximate surface area is 140 Å². The lowest BCUT2D eigenvalue weighted by molar-refractivity contribution is 0.262. The van der Waals surface area contributed by atoms with Crippen LogP contribution < -0.4 is 16.0 Å². The summed E-state index contributed by atoms with van der Waals surface area (Å²) in [5.41, 5.74) is 3.65. The zero-order valence-corrected chi connectivity index (χ0v) is 13.6. The number of aryl methyl sites for hydroxylation is 2. The molecular weight excluding hydrogens is 302 g/mol. The lowest BCUT2D eigenvalue weighted by atomic mass is 10.2. The molecule has 0 saturated heterocycles. The molecule has 0 spiro atoms. The highest BCUT2D eigenvalue weighted by molar-refractivity contribution is 5.99. The Morgan fingerprint density at radius 2 is 1.54 bits per heavy atom. The number of hydrogen-bond donors (Lipinski definition) is 3. The van der Waals surface area contributed by atoms with E-state index in [-0.39, 0.29) is 6.03 Å². The summed E-state index contributed by atoms with van der Waals surface area (Å²) >= 11 is 0. The number of urea groups is 1. The average molecular weight is 321 g/mol. The lowest BCUT2D eigenvalue weighted by Crippen LogP contribution is -2.19. The number of hydrogen-bond acceptors (Lipinski definition) is 3. The number of benzene rings is 2. The van der Waals surface area contributed by atoms with E-state index in [0.29, 0.717) is 11.5 Å². The molecule has 0 radical (unpaired) electrons. The van der Waals surface area contributed by atoms with Crippen molar-refractivity contribution in [2.75, 3.05) is 16.0 Å². The molecule has 0 saturated carbocycles. The quantitative estimate of drug-likeness (QED) is 0.677. The molecule has 1 heterocycles. The fraction of sp³-hybridized carbons (Fsp3) is 0.111. The number of anilines is 4. The number of carbonyl (C=O) groups is 1. The first kappa shape index (κ1) is 15.6. The molecule has 0 aliphatic heterocycles. The molecule has 24 heavy (non-hydrogen) atoms. The maximum atomic E-state index is 12.0. The van der Waals surface area contributed by atoms with Gasteiger partial charge in [0, 0.05) is 35.9 Å². The van der Waals surface area contributed by atoms with Crippen LogP contribution in [0.5, 0.6) is 0 Å². The van der Waals surface area contributed by atoms with Crippen molar-refractivity contribution in [3.63, 3.8) is 0 Å². The summed E-state index contributed by atoms with van der Waals surface area (Å²) in [6.07, 6.45) is 0. The largest absolute Gasteiger partial charge is 0.356 e. The molecule has 0 bridgehead atoms. The van der Waals surface area contributed by atoms with Gasteiger partial charge in [-0.2, -0.15) is 5.10 Å². The lowest BCUT2D eigenvalue weighted by Gasteiger charge is -2.09. The Morgan fingerprint density at radius 1 is 0.917 bits per heavy atom. The summed E-state index contributed by atoms with van der Waals surface area (Å²) in [4.78, 5) is 12.0. The van der Waals surface area contributed by atoms with E-state index >= 15 is 0 Å². The van der Waals surface area contributed by atoms with Gasteiger partial charge in [0.2, 0.25) is 0 Å². The third-order valence-corrected chi connectivity index (χ3v) is 3.56. The van der Waals surface area contributed by atoms with Crippen molar-refractivity contribution < 1.29 is 4.79 Å². The molecule has 0 aliphatic rings. The second-order valence-corrected chi connectivity index (χ2v) is 5.44. The molecule has 2 amide bonds. The fourth-order valence-electron chi connectivity index (χ4n) is 2.23. The molecule has 2 aromatic carbocycles. The summed E-state index contributed by atoms with van der Waals surface area (Å²) in [6.45, 7) is 1.93. The van der Waals surface area contributed by atoms with Crippen molar-refractivity contribution in [3.05, 3.63) is 66.4 Å². The Kier molecular flexibility index (Phi) is 4.47. The van der Waals surface area contributed by atoms with Gasteiger partial charge in [0.05, 0.1) is 0 Å². The van der Waals surface area contributed by atoms with Gasteiger partial charge in [-0.25, -0.2) is 4.79 Å². The highest BCUT2D eigenvalue weighted by atomic mass is 16.2. The Bertz CT molecular complexity index is 805. The van der Waals surface area contributed by atoms with Crippen molar-refractivity contribution in [2.24, 2.45) is 7.05 Å². The topological polar surface area (TPSA) is 71.0 Å². The standard InChI is InChI=1S/C18H19N5O/c1-13-12-17(22-23(13)2)21-18(24)20-16-10-8-15(9-11-16)19-14-6-4-3-5-7-14/h3-12,19H,1-2H3,(H2,20,21,22,24). The van der Waals surface area contributed by atoms with Gasteiger partial charge >= 0.3 is 6.03 Å². The summed E-state index contributed by atoms with van der Waals surface area (Å²) in [5.74, 6) is 0.523. The third-order valence-electron chi connectivity index (χ3n) is 3.56. The number of nitrogens with zero attached hydrogens (tertiary/aromatic N) is 2. The molecule has 6 heteroatoms. The van der Waals surface area contributed by atoms with Crippen LogP contribution in [0.25, 0.3) is 0 Å².